The summed E-state index contributed by atoms with van der Waals surface area (Å²) in [4.78, 5) is 16.4. The first-order valence-corrected chi connectivity index (χ1v) is 5.87. The van der Waals surface area contributed by atoms with E-state index in [1.54, 1.807) is 20.8 Å². The molecule has 1 aliphatic rings. The van der Waals surface area contributed by atoms with Crippen LogP contribution in [0.15, 0.2) is 0 Å². The summed E-state index contributed by atoms with van der Waals surface area (Å²) in [6.07, 6.45) is -1.13. The van der Waals surface area contributed by atoms with Crippen molar-refractivity contribution in [3.8, 4) is 0 Å². The topological polar surface area (TPSA) is 109 Å². The minimum atomic E-state index is -0.807. The van der Waals surface area contributed by atoms with Gasteiger partial charge in [-0.3, -0.25) is 5.41 Å². The predicted octanol–water partition coefficient (Wildman–Crippen LogP) is 0.472. The number of aliphatic hydroxyl groups is 1. The van der Waals surface area contributed by atoms with Crippen LogP contribution in [-0.4, -0.2) is 47.0 Å². The highest BCUT2D eigenvalue weighted by Crippen LogP contribution is 2.18. The number of nitrogens with one attached hydrogen (secondary N) is 1. The Morgan fingerprint density at radius 2 is 2.11 bits per heavy atom. The number of nitrogens with two attached hydrogens (primary N) is 1. The third-order valence-electron chi connectivity index (χ3n) is 2.54. The first-order valence-electron chi connectivity index (χ1n) is 5.87. The van der Waals surface area contributed by atoms with Gasteiger partial charge in [0.25, 0.3) is 0 Å². The standard InChI is InChI=1S/C11H21N3O4/c1-11(2,3)17-10(16)18-14-5-4-7(9(12)13)8(15)6-14/h7-8,15H,4-6H2,1-3H3,(H3,12,13). The van der Waals surface area contributed by atoms with E-state index in [1.807, 2.05) is 0 Å². The minimum Gasteiger partial charge on any atom is -0.427 e. The van der Waals surface area contributed by atoms with Crippen molar-refractivity contribution in [1.82, 2.24) is 5.06 Å². The van der Waals surface area contributed by atoms with Crippen LogP contribution in [0.5, 0.6) is 0 Å². The van der Waals surface area contributed by atoms with Crippen molar-refractivity contribution in [3.05, 3.63) is 0 Å². The number of amidine groups is 1. The molecule has 0 aromatic carbocycles. The van der Waals surface area contributed by atoms with Gasteiger partial charge in [-0.25, -0.2) is 4.79 Å². The molecule has 1 fully saturated rings. The predicted molar refractivity (Wildman–Crippen MR) is 64.9 cm³/mol. The molecule has 1 saturated heterocycles. The van der Waals surface area contributed by atoms with Crippen molar-refractivity contribution in [1.29, 1.82) is 5.41 Å². The molecule has 7 heteroatoms. The number of piperidine rings is 1. The van der Waals surface area contributed by atoms with Gasteiger partial charge >= 0.3 is 6.16 Å². The van der Waals surface area contributed by atoms with Gasteiger partial charge in [0.15, 0.2) is 0 Å². The number of rotatable bonds is 2. The zero-order chi connectivity index (χ0) is 13.9. The Balaban J connectivity index is 2.43. The second-order valence-electron chi connectivity index (χ2n) is 5.36. The van der Waals surface area contributed by atoms with E-state index in [1.165, 1.54) is 5.06 Å². The summed E-state index contributed by atoms with van der Waals surface area (Å²) in [7, 11) is 0. The average molecular weight is 259 g/mol. The molecule has 2 atom stereocenters. The Kier molecular flexibility index (Phi) is 4.53. The molecule has 104 valence electrons. The Morgan fingerprint density at radius 1 is 1.50 bits per heavy atom. The summed E-state index contributed by atoms with van der Waals surface area (Å²) in [6.45, 7) is 5.77. The number of ether oxygens (including phenoxy) is 1. The highest BCUT2D eigenvalue weighted by atomic mass is 16.8. The molecule has 0 aromatic rings. The molecule has 7 nitrogen and oxygen atoms in total. The number of hydroxylamine groups is 2. The molecular formula is C11H21N3O4. The fourth-order valence-electron chi connectivity index (χ4n) is 1.72. The van der Waals surface area contributed by atoms with E-state index < -0.39 is 17.9 Å². The number of carbonyl (C=O) groups excluding carboxylic acids is 1. The summed E-state index contributed by atoms with van der Waals surface area (Å²) in [5.41, 5.74) is 4.74. The average Bonchev–Trinajstić information content (AvgIpc) is 2.13. The van der Waals surface area contributed by atoms with Gasteiger partial charge in [-0.2, -0.15) is 0 Å². The second-order valence-corrected chi connectivity index (χ2v) is 5.36. The summed E-state index contributed by atoms with van der Waals surface area (Å²) >= 11 is 0. The lowest BCUT2D eigenvalue weighted by Gasteiger charge is -2.33. The van der Waals surface area contributed by atoms with E-state index in [9.17, 15) is 9.90 Å². The van der Waals surface area contributed by atoms with Crippen molar-refractivity contribution in [2.45, 2.75) is 38.9 Å². The van der Waals surface area contributed by atoms with Crippen LogP contribution in [0.4, 0.5) is 4.79 Å². The molecule has 0 radical (unpaired) electrons. The van der Waals surface area contributed by atoms with Gasteiger partial charge in [-0.15, -0.1) is 5.06 Å². The third-order valence-corrected chi connectivity index (χ3v) is 2.54. The zero-order valence-corrected chi connectivity index (χ0v) is 11.0. The van der Waals surface area contributed by atoms with Gasteiger partial charge in [-0.05, 0) is 27.2 Å². The van der Waals surface area contributed by atoms with Crippen molar-refractivity contribution in [3.63, 3.8) is 0 Å². The number of β-amino-alcohol motifs (C(OH)–C–C–N with tert-alkyl or cyclic N) is 1. The number of hydrogen-bond acceptors (Lipinski definition) is 6. The van der Waals surface area contributed by atoms with Crippen LogP contribution in [0, 0.1) is 11.3 Å². The summed E-state index contributed by atoms with van der Waals surface area (Å²) in [5.74, 6) is -0.414. The molecule has 1 aliphatic heterocycles. The van der Waals surface area contributed by atoms with Gasteiger partial charge < -0.3 is 20.4 Å². The Labute approximate surface area is 106 Å². The molecule has 0 aromatic heterocycles. The minimum absolute atomic E-state index is 0.0422. The smallest absolute Gasteiger partial charge is 0.427 e. The van der Waals surface area contributed by atoms with Crippen molar-refractivity contribution >= 4 is 12.0 Å². The summed E-state index contributed by atoms with van der Waals surface area (Å²) < 4.78 is 5.00. The second kappa shape index (κ2) is 5.53. The lowest BCUT2D eigenvalue weighted by Crippen LogP contribution is -2.48. The van der Waals surface area contributed by atoms with Crippen molar-refractivity contribution in [2.24, 2.45) is 11.7 Å². The quantitative estimate of drug-likeness (QED) is 0.378. The fourth-order valence-corrected chi connectivity index (χ4v) is 1.72. The Bertz CT molecular complexity index is 327. The van der Waals surface area contributed by atoms with E-state index in [0.717, 1.165) is 0 Å². The van der Waals surface area contributed by atoms with Crippen LogP contribution in [0.3, 0.4) is 0 Å². The van der Waals surface area contributed by atoms with Crippen LogP contribution in [-0.2, 0) is 9.57 Å². The van der Waals surface area contributed by atoms with Gasteiger partial charge in [0.05, 0.1) is 18.5 Å². The van der Waals surface area contributed by atoms with Crippen LogP contribution in [0.1, 0.15) is 27.2 Å². The van der Waals surface area contributed by atoms with Gasteiger partial charge in [0.1, 0.15) is 5.60 Å². The molecule has 0 bridgehead atoms. The molecule has 1 heterocycles. The van der Waals surface area contributed by atoms with E-state index >= 15 is 0 Å². The van der Waals surface area contributed by atoms with Gasteiger partial charge in [0, 0.05) is 12.5 Å². The zero-order valence-electron chi connectivity index (χ0n) is 11.0. The van der Waals surface area contributed by atoms with Crippen molar-refractivity contribution < 1.29 is 19.5 Å². The van der Waals surface area contributed by atoms with E-state index in [2.05, 4.69) is 0 Å². The number of nitrogens with zero attached hydrogens (tertiary/aromatic N) is 1. The van der Waals surface area contributed by atoms with Crippen LogP contribution < -0.4 is 5.73 Å². The van der Waals surface area contributed by atoms with E-state index in [4.69, 9.17) is 20.7 Å². The van der Waals surface area contributed by atoms with E-state index in [0.29, 0.717) is 13.0 Å². The maximum absolute atomic E-state index is 11.4. The molecule has 0 amide bonds. The first kappa shape index (κ1) is 14.7. The monoisotopic (exact) mass is 259 g/mol. The molecule has 0 aliphatic carbocycles. The largest absolute Gasteiger partial charge is 0.528 e. The molecular weight excluding hydrogens is 238 g/mol. The molecule has 4 N–H and O–H groups in total. The highest BCUT2D eigenvalue weighted by Gasteiger charge is 2.32. The normalized spacial score (nSPS) is 25.6. The number of hydrogen-bond donors (Lipinski definition) is 3. The maximum Gasteiger partial charge on any atom is 0.528 e. The van der Waals surface area contributed by atoms with Gasteiger partial charge in [-0.1, -0.05) is 0 Å². The van der Waals surface area contributed by atoms with E-state index in [-0.39, 0.29) is 18.3 Å². The SMILES string of the molecule is CC(C)(C)OC(=O)ON1CCC(C(=N)N)C(O)C1. The Morgan fingerprint density at radius 3 is 2.56 bits per heavy atom. The summed E-state index contributed by atoms with van der Waals surface area (Å²) in [5, 5.41) is 18.4. The van der Waals surface area contributed by atoms with Gasteiger partial charge in [0.2, 0.25) is 0 Å². The number of carbonyl (C=O) groups is 1. The third kappa shape index (κ3) is 4.50. The molecule has 1 rings (SSSR count). The number of aliphatic hydroxyl groups excluding tert-OH is 1. The van der Waals surface area contributed by atoms with Crippen LogP contribution in [0.25, 0.3) is 0 Å². The maximum atomic E-state index is 11.4. The summed E-state index contributed by atoms with van der Waals surface area (Å²) in [6, 6.07) is 0. The van der Waals surface area contributed by atoms with Crippen molar-refractivity contribution in [2.75, 3.05) is 13.1 Å². The molecule has 0 saturated carbocycles. The first-order chi connectivity index (χ1) is 8.19. The molecule has 18 heavy (non-hydrogen) atoms. The lowest BCUT2D eigenvalue weighted by molar-refractivity contribution is -0.171. The lowest BCUT2D eigenvalue weighted by atomic mass is 9.94. The highest BCUT2D eigenvalue weighted by molar-refractivity contribution is 5.80. The van der Waals surface area contributed by atoms with Crippen LogP contribution >= 0.6 is 0 Å². The van der Waals surface area contributed by atoms with Crippen LogP contribution in [0.2, 0.25) is 0 Å². The Hall–Kier alpha value is -1.34. The molecule has 0 spiro atoms. The molecule has 2 unspecified atom stereocenters. The fraction of sp³-hybridized carbons (Fsp3) is 0.818.